The van der Waals surface area contributed by atoms with Crippen molar-refractivity contribution in [2.24, 2.45) is 5.92 Å². The van der Waals surface area contributed by atoms with Crippen LogP contribution in [-0.2, 0) is 4.79 Å². The molecule has 2 fully saturated rings. The minimum absolute atomic E-state index is 0.243. The second-order valence-electron chi connectivity index (χ2n) is 4.57. The topological polar surface area (TPSA) is 32.3 Å². The van der Waals surface area contributed by atoms with Crippen LogP contribution in [0.4, 0.5) is 0 Å². The zero-order valence-electron chi connectivity index (χ0n) is 8.96. The lowest BCUT2D eigenvalue weighted by Gasteiger charge is -2.37. The third-order valence-corrected chi connectivity index (χ3v) is 3.59. The van der Waals surface area contributed by atoms with Crippen molar-refractivity contribution in [2.45, 2.75) is 38.6 Å². The summed E-state index contributed by atoms with van der Waals surface area (Å²) in [6.45, 7) is 4.78. The fraction of sp³-hybridized carbons (Fsp3) is 0.909. The number of fused-ring (bicyclic) bond motifs is 1. The number of carbonyl (C=O) groups excluding carboxylic acids is 1. The molecule has 1 amide bonds. The van der Waals surface area contributed by atoms with Gasteiger partial charge in [-0.05, 0) is 31.7 Å². The molecular formula is C11H20N2O. The second kappa shape index (κ2) is 4.30. The number of hydrogen-bond donors (Lipinski definition) is 1. The van der Waals surface area contributed by atoms with Gasteiger partial charge in [0.25, 0.3) is 0 Å². The molecule has 0 unspecified atom stereocenters. The van der Waals surface area contributed by atoms with Gasteiger partial charge in [0.15, 0.2) is 0 Å². The lowest BCUT2D eigenvalue weighted by Crippen LogP contribution is -2.49. The molecule has 2 aliphatic heterocycles. The average molecular weight is 196 g/mol. The highest BCUT2D eigenvalue weighted by Gasteiger charge is 2.30. The predicted octanol–water partition coefficient (Wildman–Crippen LogP) is 0.997. The third kappa shape index (κ3) is 2.08. The summed E-state index contributed by atoms with van der Waals surface area (Å²) in [6, 6.07) is 0.674. The van der Waals surface area contributed by atoms with Crippen LogP contribution in [0.25, 0.3) is 0 Å². The van der Waals surface area contributed by atoms with Gasteiger partial charge in [0, 0.05) is 26.1 Å². The highest BCUT2D eigenvalue weighted by atomic mass is 16.2. The molecule has 0 radical (unpaired) electrons. The Hall–Kier alpha value is -0.570. The van der Waals surface area contributed by atoms with Crippen LogP contribution < -0.4 is 5.32 Å². The van der Waals surface area contributed by atoms with Gasteiger partial charge in [0.2, 0.25) is 5.91 Å². The van der Waals surface area contributed by atoms with Gasteiger partial charge in [-0.15, -0.1) is 0 Å². The molecule has 3 heteroatoms. The maximum absolute atomic E-state index is 11.3. The molecule has 14 heavy (non-hydrogen) atoms. The molecule has 2 saturated heterocycles. The van der Waals surface area contributed by atoms with E-state index in [2.05, 4.69) is 5.32 Å². The number of rotatable bonds is 0. The van der Waals surface area contributed by atoms with Gasteiger partial charge < -0.3 is 10.2 Å². The summed E-state index contributed by atoms with van der Waals surface area (Å²) < 4.78 is 0. The van der Waals surface area contributed by atoms with Gasteiger partial charge in [-0.2, -0.15) is 0 Å². The van der Waals surface area contributed by atoms with Crippen LogP contribution in [0.3, 0.4) is 0 Å². The zero-order chi connectivity index (χ0) is 9.97. The van der Waals surface area contributed by atoms with Gasteiger partial charge in [0.05, 0.1) is 0 Å². The molecule has 0 aromatic rings. The van der Waals surface area contributed by atoms with Gasteiger partial charge in [-0.3, -0.25) is 4.79 Å². The molecule has 3 nitrogen and oxygen atoms in total. The predicted molar refractivity (Wildman–Crippen MR) is 56.0 cm³/mol. The normalized spacial score (nSPS) is 33.4. The lowest BCUT2D eigenvalue weighted by molar-refractivity contribution is -0.131. The minimum Gasteiger partial charge on any atom is -0.343 e. The summed E-state index contributed by atoms with van der Waals surface area (Å²) in [7, 11) is 0. The molecule has 0 bridgehead atoms. The SMILES string of the molecule is CC(=O)N1CC[C@H]2NCCCC[C@@H]2C1. The monoisotopic (exact) mass is 196 g/mol. The van der Waals surface area contributed by atoms with E-state index in [9.17, 15) is 4.79 Å². The summed E-state index contributed by atoms with van der Waals surface area (Å²) in [5.74, 6) is 0.947. The fourth-order valence-corrected chi connectivity index (χ4v) is 2.70. The van der Waals surface area contributed by atoms with Crippen LogP contribution in [0, 0.1) is 5.92 Å². The Bertz CT molecular complexity index is 217. The first kappa shape index (κ1) is 9.97. The first-order valence-corrected chi connectivity index (χ1v) is 5.76. The number of amides is 1. The quantitative estimate of drug-likeness (QED) is 0.627. The van der Waals surface area contributed by atoms with Crippen molar-refractivity contribution in [2.75, 3.05) is 19.6 Å². The number of nitrogens with one attached hydrogen (secondary N) is 1. The van der Waals surface area contributed by atoms with E-state index in [-0.39, 0.29) is 5.91 Å². The summed E-state index contributed by atoms with van der Waals surface area (Å²) in [5, 5.41) is 3.61. The minimum atomic E-state index is 0.243. The van der Waals surface area contributed by atoms with E-state index in [1.807, 2.05) is 4.90 Å². The maximum atomic E-state index is 11.3. The van der Waals surface area contributed by atoms with Gasteiger partial charge in [-0.1, -0.05) is 6.42 Å². The Morgan fingerprint density at radius 3 is 3.00 bits per heavy atom. The van der Waals surface area contributed by atoms with E-state index >= 15 is 0 Å². The van der Waals surface area contributed by atoms with E-state index in [4.69, 9.17) is 0 Å². The van der Waals surface area contributed by atoms with Crippen molar-refractivity contribution < 1.29 is 4.79 Å². The van der Waals surface area contributed by atoms with Crippen molar-refractivity contribution in [3.05, 3.63) is 0 Å². The molecule has 0 saturated carbocycles. The molecular weight excluding hydrogens is 176 g/mol. The average Bonchev–Trinajstić information content (AvgIpc) is 2.41. The van der Waals surface area contributed by atoms with Crippen LogP contribution >= 0.6 is 0 Å². The van der Waals surface area contributed by atoms with E-state index in [1.165, 1.54) is 25.8 Å². The maximum Gasteiger partial charge on any atom is 0.219 e. The van der Waals surface area contributed by atoms with Crippen LogP contribution in [0.15, 0.2) is 0 Å². The molecule has 2 atom stereocenters. The molecule has 1 N–H and O–H groups in total. The number of nitrogens with zero attached hydrogens (tertiary/aromatic N) is 1. The Morgan fingerprint density at radius 1 is 1.36 bits per heavy atom. The van der Waals surface area contributed by atoms with Crippen molar-refractivity contribution in [1.82, 2.24) is 10.2 Å². The van der Waals surface area contributed by atoms with Gasteiger partial charge in [-0.25, -0.2) is 0 Å². The van der Waals surface area contributed by atoms with Gasteiger partial charge >= 0.3 is 0 Å². The number of likely N-dealkylation sites (tertiary alicyclic amines) is 1. The van der Waals surface area contributed by atoms with Crippen LogP contribution in [0.5, 0.6) is 0 Å². The summed E-state index contributed by atoms with van der Waals surface area (Å²) in [4.78, 5) is 13.3. The molecule has 2 aliphatic rings. The number of carbonyl (C=O) groups is 1. The largest absolute Gasteiger partial charge is 0.343 e. The highest BCUT2D eigenvalue weighted by molar-refractivity contribution is 5.73. The standard InChI is InChI=1S/C11H20N2O/c1-9(14)13-7-5-11-10(8-13)4-2-3-6-12-11/h10-12H,2-8H2,1H3/t10-,11-/m1/s1. The van der Waals surface area contributed by atoms with Crippen LogP contribution in [-0.4, -0.2) is 36.5 Å². The van der Waals surface area contributed by atoms with Crippen molar-refractivity contribution in [3.63, 3.8) is 0 Å². The summed E-state index contributed by atoms with van der Waals surface area (Å²) in [6.07, 6.45) is 5.05. The number of hydrogen-bond acceptors (Lipinski definition) is 2. The summed E-state index contributed by atoms with van der Waals surface area (Å²) in [5.41, 5.74) is 0. The Labute approximate surface area is 85.8 Å². The first-order chi connectivity index (χ1) is 6.77. The molecule has 0 aromatic carbocycles. The Balaban J connectivity index is 1.96. The van der Waals surface area contributed by atoms with E-state index < -0.39 is 0 Å². The Kier molecular flexibility index (Phi) is 3.06. The zero-order valence-corrected chi connectivity index (χ0v) is 8.96. The smallest absolute Gasteiger partial charge is 0.219 e. The molecule has 0 spiro atoms. The molecule has 0 aromatic heterocycles. The molecule has 2 heterocycles. The Morgan fingerprint density at radius 2 is 2.21 bits per heavy atom. The lowest BCUT2D eigenvalue weighted by atomic mass is 9.89. The van der Waals surface area contributed by atoms with Crippen LogP contribution in [0.1, 0.15) is 32.6 Å². The molecule has 0 aliphatic carbocycles. The van der Waals surface area contributed by atoms with Crippen LogP contribution in [0.2, 0.25) is 0 Å². The van der Waals surface area contributed by atoms with Crippen molar-refractivity contribution in [1.29, 1.82) is 0 Å². The number of piperidine rings is 1. The third-order valence-electron chi connectivity index (χ3n) is 3.59. The van der Waals surface area contributed by atoms with Crippen molar-refractivity contribution in [3.8, 4) is 0 Å². The van der Waals surface area contributed by atoms with Crippen molar-refractivity contribution >= 4 is 5.91 Å². The van der Waals surface area contributed by atoms with Gasteiger partial charge in [0.1, 0.15) is 0 Å². The fourth-order valence-electron chi connectivity index (χ4n) is 2.70. The van der Waals surface area contributed by atoms with E-state index in [1.54, 1.807) is 6.92 Å². The first-order valence-electron chi connectivity index (χ1n) is 5.76. The molecule has 2 rings (SSSR count). The molecule has 80 valence electrons. The van der Waals surface area contributed by atoms with E-state index in [0.29, 0.717) is 12.0 Å². The van der Waals surface area contributed by atoms with E-state index in [0.717, 1.165) is 19.5 Å². The summed E-state index contributed by atoms with van der Waals surface area (Å²) >= 11 is 0. The second-order valence-corrected chi connectivity index (χ2v) is 4.57. The highest BCUT2D eigenvalue weighted by Crippen LogP contribution is 2.24.